The molecule has 0 saturated heterocycles. The molecule has 0 aliphatic heterocycles. The summed E-state index contributed by atoms with van der Waals surface area (Å²) in [7, 11) is -4.58. The molecule has 6 heteroatoms. The van der Waals surface area contributed by atoms with Crippen LogP contribution in [-0.2, 0) is 14.6 Å². The molecule has 0 aliphatic carbocycles. The van der Waals surface area contributed by atoms with Gasteiger partial charge in [0.1, 0.15) is 0 Å². The summed E-state index contributed by atoms with van der Waals surface area (Å²) in [4.78, 5) is 0. The van der Waals surface area contributed by atoms with Gasteiger partial charge in [0.15, 0.2) is 0 Å². The Labute approximate surface area is 236 Å². The van der Waals surface area contributed by atoms with E-state index in [4.69, 9.17) is 0 Å². The fraction of sp³-hybridized carbons (Fsp3) is 1.00. The summed E-state index contributed by atoms with van der Waals surface area (Å²) in [6.07, 6.45) is 30.9. The molecule has 200 valence electrons. The zero-order valence-electron chi connectivity index (χ0n) is 23.3. The van der Waals surface area contributed by atoms with Gasteiger partial charge in [-0.05, 0) is 18.8 Å². The molecular weight excluding hydrogens is 455 g/mol. The maximum absolute atomic E-state index is 10.9. The first-order valence-corrected chi connectivity index (χ1v) is 15.9. The van der Waals surface area contributed by atoms with Gasteiger partial charge < -0.3 is 4.55 Å². The molecule has 1 unspecified atom stereocenters. The van der Waals surface area contributed by atoms with Crippen molar-refractivity contribution in [2.75, 3.05) is 6.61 Å². The van der Waals surface area contributed by atoms with E-state index in [9.17, 15) is 13.0 Å². The van der Waals surface area contributed by atoms with Crippen LogP contribution in [0.4, 0.5) is 0 Å². The van der Waals surface area contributed by atoms with Gasteiger partial charge in [0, 0.05) is 0 Å². The van der Waals surface area contributed by atoms with Crippen molar-refractivity contribution in [1.82, 2.24) is 0 Å². The van der Waals surface area contributed by atoms with Crippen LogP contribution in [0.25, 0.3) is 0 Å². The summed E-state index contributed by atoms with van der Waals surface area (Å²) < 4.78 is 37.2. The molecule has 0 bridgehead atoms. The first-order chi connectivity index (χ1) is 16.0. The molecule has 0 N–H and O–H groups in total. The second-order valence-electron chi connectivity index (χ2n) is 10.2. The van der Waals surface area contributed by atoms with E-state index in [0.29, 0.717) is 0 Å². The topological polar surface area (TPSA) is 66.4 Å². The number of hydrogen-bond donors (Lipinski definition) is 0. The Bertz CT molecular complexity index is 485. The molecule has 0 fully saturated rings. The molecule has 34 heavy (non-hydrogen) atoms. The van der Waals surface area contributed by atoms with E-state index in [2.05, 4.69) is 18.0 Å². The monoisotopic (exact) mass is 512 g/mol. The molecule has 0 radical (unpaired) electrons. The average molecular weight is 513 g/mol. The third-order valence-corrected chi connectivity index (χ3v) is 7.30. The largest absolute Gasteiger partial charge is 1.00 e. The van der Waals surface area contributed by atoms with E-state index < -0.39 is 10.4 Å². The average Bonchev–Trinajstić information content (AvgIpc) is 2.78. The van der Waals surface area contributed by atoms with E-state index in [1.807, 2.05) is 0 Å². The number of hydrogen-bond acceptors (Lipinski definition) is 4. The van der Waals surface area contributed by atoms with Crippen LogP contribution in [0.5, 0.6) is 0 Å². The van der Waals surface area contributed by atoms with Gasteiger partial charge in [-0.2, -0.15) is 0 Å². The van der Waals surface area contributed by atoms with E-state index in [1.54, 1.807) is 0 Å². The molecule has 0 amide bonds. The Kier molecular flexibility index (Phi) is 31.0. The molecule has 0 aliphatic rings. The maximum Gasteiger partial charge on any atom is 1.00 e. The normalized spacial score (nSPS) is 12.6. The zero-order chi connectivity index (χ0) is 24.5. The summed E-state index contributed by atoms with van der Waals surface area (Å²) >= 11 is 0. The smallest absolute Gasteiger partial charge is 0.726 e. The summed E-state index contributed by atoms with van der Waals surface area (Å²) in [5.74, 6) is 0.200. The second-order valence-corrected chi connectivity index (χ2v) is 11.3. The fourth-order valence-corrected chi connectivity index (χ4v) is 5.04. The first-order valence-electron chi connectivity index (χ1n) is 14.6. The third-order valence-electron chi connectivity index (χ3n) is 6.88. The van der Waals surface area contributed by atoms with Crippen LogP contribution in [0.3, 0.4) is 0 Å². The summed E-state index contributed by atoms with van der Waals surface area (Å²) in [5.41, 5.74) is 0. The van der Waals surface area contributed by atoms with Crippen molar-refractivity contribution in [2.45, 2.75) is 168 Å². The maximum atomic E-state index is 10.9. The van der Waals surface area contributed by atoms with Crippen LogP contribution in [0.1, 0.15) is 168 Å². The zero-order valence-corrected chi connectivity index (χ0v) is 26.1. The van der Waals surface area contributed by atoms with E-state index in [-0.39, 0.29) is 42.1 Å². The van der Waals surface area contributed by atoms with E-state index >= 15 is 0 Å². The molecule has 4 nitrogen and oxygen atoms in total. The number of rotatable bonds is 27. The molecule has 0 heterocycles. The van der Waals surface area contributed by atoms with Gasteiger partial charge in [0.25, 0.3) is 0 Å². The minimum atomic E-state index is -4.58. The van der Waals surface area contributed by atoms with Crippen LogP contribution in [0, 0.1) is 5.92 Å². The van der Waals surface area contributed by atoms with Crippen LogP contribution in [-0.4, -0.2) is 19.6 Å². The molecular formula is C28H57NaO4S. The predicted molar refractivity (Wildman–Crippen MR) is 141 cm³/mol. The fourth-order valence-electron chi connectivity index (χ4n) is 4.69. The molecule has 1 atom stereocenters. The SMILES string of the molecule is CCCCCCCCCCCCCCCCC(CCCCCCCCCC)COS(=O)(=O)[O-].[Na+]. The van der Waals surface area contributed by atoms with E-state index in [0.717, 1.165) is 25.7 Å². The van der Waals surface area contributed by atoms with Crippen molar-refractivity contribution < 1.29 is 46.7 Å². The van der Waals surface area contributed by atoms with Crippen molar-refractivity contribution in [3.8, 4) is 0 Å². The number of unbranched alkanes of at least 4 members (excludes halogenated alkanes) is 20. The van der Waals surface area contributed by atoms with Crippen molar-refractivity contribution in [3.05, 3.63) is 0 Å². The molecule has 0 rings (SSSR count). The van der Waals surface area contributed by atoms with Gasteiger partial charge in [-0.1, -0.05) is 155 Å². The minimum absolute atomic E-state index is 0. The quantitative estimate of drug-likeness (QED) is 0.0546. The Morgan fingerprint density at radius 1 is 0.529 bits per heavy atom. The van der Waals surface area contributed by atoms with Gasteiger partial charge >= 0.3 is 29.6 Å². The standard InChI is InChI=1S/C28H58O4S.Na/c1-3-5-7-9-11-13-14-15-16-17-18-20-22-24-26-28(27-32-33(29,30)31)25-23-21-19-12-10-8-6-4-2;/h28H,3-27H2,1-2H3,(H,29,30,31);/q;+1/p-1. The predicted octanol–water partition coefficient (Wildman–Crippen LogP) is 6.49. The molecule has 0 aromatic rings. The van der Waals surface area contributed by atoms with Crippen LogP contribution in [0.15, 0.2) is 0 Å². The van der Waals surface area contributed by atoms with Gasteiger partial charge in [-0.25, -0.2) is 8.42 Å². The van der Waals surface area contributed by atoms with Gasteiger partial charge in [-0.15, -0.1) is 0 Å². The first kappa shape index (κ1) is 37.0. The minimum Gasteiger partial charge on any atom is -0.726 e. The van der Waals surface area contributed by atoms with Crippen molar-refractivity contribution in [3.63, 3.8) is 0 Å². The Morgan fingerprint density at radius 3 is 1.06 bits per heavy atom. The molecule has 0 spiro atoms. The van der Waals surface area contributed by atoms with Crippen molar-refractivity contribution in [2.24, 2.45) is 5.92 Å². The summed E-state index contributed by atoms with van der Waals surface area (Å²) in [6.45, 7) is 4.58. The Hall–Kier alpha value is 0.870. The summed E-state index contributed by atoms with van der Waals surface area (Å²) in [6, 6.07) is 0. The van der Waals surface area contributed by atoms with Crippen LogP contribution >= 0.6 is 0 Å². The van der Waals surface area contributed by atoms with Gasteiger partial charge in [0.2, 0.25) is 10.4 Å². The Morgan fingerprint density at radius 2 is 0.794 bits per heavy atom. The van der Waals surface area contributed by atoms with Crippen LogP contribution in [0.2, 0.25) is 0 Å². The molecule has 0 saturated carbocycles. The second kappa shape index (κ2) is 28.4. The Balaban J connectivity index is 0. The van der Waals surface area contributed by atoms with Crippen molar-refractivity contribution in [1.29, 1.82) is 0 Å². The van der Waals surface area contributed by atoms with E-state index in [1.165, 1.54) is 128 Å². The van der Waals surface area contributed by atoms with Gasteiger partial charge in [0.05, 0.1) is 6.61 Å². The molecule has 0 aromatic heterocycles. The van der Waals surface area contributed by atoms with Crippen LogP contribution < -0.4 is 29.6 Å². The molecule has 0 aromatic carbocycles. The van der Waals surface area contributed by atoms with Crippen molar-refractivity contribution >= 4 is 10.4 Å². The third kappa shape index (κ3) is 30.9. The summed E-state index contributed by atoms with van der Waals surface area (Å²) in [5, 5.41) is 0. The van der Waals surface area contributed by atoms with Gasteiger partial charge in [-0.3, -0.25) is 4.18 Å².